The van der Waals surface area contributed by atoms with Crippen LogP contribution in [0.15, 0.2) is 23.6 Å². The number of thioether (sulfide) groups is 1. The van der Waals surface area contributed by atoms with E-state index in [1.807, 2.05) is 17.5 Å². The van der Waals surface area contributed by atoms with E-state index in [2.05, 4.69) is 23.8 Å². The van der Waals surface area contributed by atoms with E-state index < -0.39 is 0 Å². The fraction of sp³-hybridized carbons (Fsp3) is 0.444. The van der Waals surface area contributed by atoms with Gasteiger partial charge in [0, 0.05) is 15.5 Å². The van der Waals surface area contributed by atoms with Crippen molar-refractivity contribution < 1.29 is 9.59 Å². The van der Waals surface area contributed by atoms with Gasteiger partial charge in [-0.3, -0.25) is 20.4 Å². The highest BCUT2D eigenvalue weighted by Gasteiger charge is 2.22. The summed E-state index contributed by atoms with van der Waals surface area (Å²) in [4.78, 5) is 27.4. The first-order valence-electron chi connectivity index (χ1n) is 8.46. The average Bonchev–Trinajstić information content (AvgIpc) is 3.28. The van der Waals surface area contributed by atoms with Crippen molar-refractivity contribution in [3.8, 4) is 0 Å². The highest BCUT2D eigenvalue weighted by molar-refractivity contribution is 7.99. The first-order valence-corrected chi connectivity index (χ1v) is 11.3. The summed E-state index contributed by atoms with van der Waals surface area (Å²) >= 11 is 4.78. The van der Waals surface area contributed by atoms with Crippen molar-refractivity contribution in [1.82, 2.24) is 10.9 Å². The molecule has 7 heteroatoms. The van der Waals surface area contributed by atoms with Crippen molar-refractivity contribution in [1.29, 1.82) is 0 Å². The van der Waals surface area contributed by atoms with Gasteiger partial charge in [-0.25, -0.2) is 0 Å². The third-order valence-corrected chi connectivity index (χ3v) is 7.64. The molecular weight excluding hydrogens is 372 g/mol. The fourth-order valence-corrected chi connectivity index (χ4v) is 5.69. The van der Waals surface area contributed by atoms with Crippen LogP contribution in [0.3, 0.4) is 0 Å². The maximum absolute atomic E-state index is 12.3. The number of carbonyl (C=O) groups excluding carboxylic acids is 2. The number of hydrogen-bond acceptors (Lipinski definition) is 5. The Balaban J connectivity index is 1.43. The molecule has 2 aromatic rings. The number of hydrogen-bond donors (Lipinski definition) is 2. The summed E-state index contributed by atoms with van der Waals surface area (Å²) in [6.07, 6.45) is 4.54. The van der Waals surface area contributed by atoms with Gasteiger partial charge in [0.05, 0.1) is 10.6 Å². The van der Waals surface area contributed by atoms with Crippen LogP contribution in [0.25, 0.3) is 0 Å². The zero-order chi connectivity index (χ0) is 17.6. The largest absolute Gasteiger partial charge is 0.279 e. The monoisotopic (exact) mass is 394 g/mol. The van der Waals surface area contributed by atoms with E-state index in [4.69, 9.17) is 0 Å². The smallest absolute Gasteiger partial charge is 0.272 e. The molecule has 0 radical (unpaired) electrons. The van der Waals surface area contributed by atoms with Crippen molar-refractivity contribution in [2.75, 3.05) is 5.75 Å². The number of carbonyl (C=O) groups is 2. The maximum atomic E-state index is 12.3. The van der Waals surface area contributed by atoms with E-state index in [0.29, 0.717) is 10.6 Å². The minimum atomic E-state index is -0.218. The van der Waals surface area contributed by atoms with Crippen LogP contribution in [0.4, 0.5) is 0 Å². The van der Waals surface area contributed by atoms with Crippen molar-refractivity contribution >= 4 is 46.2 Å². The summed E-state index contributed by atoms with van der Waals surface area (Å²) in [5, 5.41) is 2.03. The number of amides is 2. The number of hydrazine groups is 1. The van der Waals surface area contributed by atoms with Gasteiger partial charge in [0.15, 0.2) is 0 Å². The Bertz CT molecular complexity index is 725. The van der Waals surface area contributed by atoms with Crippen LogP contribution in [0.1, 0.15) is 44.8 Å². The second-order valence-electron chi connectivity index (χ2n) is 6.15. The highest BCUT2D eigenvalue weighted by Crippen LogP contribution is 2.33. The lowest BCUT2D eigenvalue weighted by molar-refractivity contribution is -0.119. The van der Waals surface area contributed by atoms with E-state index in [1.54, 1.807) is 34.4 Å². The zero-order valence-corrected chi connectivity index (χ0v) is 16.6. The van der Waals surface area contributed by atoms with Crippen LogP contribution in [0, 0.1) is 5.92 Å². The summed E-state index contributed by atoms with van der Waals surface area (Å²) in [6, 6.07) is 6.05. The lowest BCUT2D eigenvalue weighted by Gasteiger charge is -2.19. The standard InChI is InChI=1S/C18H22N2O2S3/c1-2-12-5-6-15-13(8-12)9-16(25-15)18(22)20-19-17(21)11-23-10-14-4-3-7-24-14/h3-4,7,9,12H,2,5-6,8,10-11H2,1H3,(H,19,21)(H,20,22)/t12-/m1/s1. The van der Waals surface area contributed by atoms with E-state index in [-0.39, 0.29) is 11.8 Å². The van der Waals surface area contributed by atoms with Gasteiger partial charge >= 0.3 is 0 Å². The molecule has 2 amide bonds. The molecule has 0 saturated heterocycles. The van der Waals surface area contributed by atoms with E-state index in [1.165, 1.54) is 28.2 Å². The molecule has 1 atom stereocenters. The molecule has 25 heavy (non-hydrogen) atoms. The Morgan fingerprint density at radius 3 is 3.00 bits per heavy atom. The predicted molar refractivity (Wildman–Crippen MR) is 106 cm³/mol. The van der Waals surface area contributed by atoms with Gasteiger partial charge in [-0.1, -0.05) is 19.4 Å². The molecule has 0 bridgehead atoms. The SMILES string of the molecule is CC[C@@H]1CCc2sc(C(=O)NNC(=O)CSCc3cccs3)cc2C1. The molecule has 0 fully saturated rings. The first-order chi connectivity index (χ1) is 12.2. The molecule has 134 valence electrons. The topological polar surface area (TPSA) is 58.2 Å². The summed E-state index contributed by atoms with van der Waals surface area (Å²) in [5.74, 6) is 1.48. The Morgan fingerprint density at radius 2 is 2.24 bits per heavy atom. The molecule has 0 aliphatic heterocycles. The Morgan fingerprint density at radius 1 is 1.36 bits per heavy atom. The molecule has 0 saturated carbocycles. The van der Waals surface area contributed by atoms with Gasteiger partial charge in [0.2, 0.25) is 5.91 Å². The molecule has 1 aliphatic carbocycles. The highest BCUT2D eigenvalue weighted by atomic mass is 32.2. The van der Waals surface area contributed by atoms with Gasteiger partial charge in [0.1, 0.15) is 0 Å². The summed E-state index contributed by atoms with van der Waals surface area (Å²) in [7, 11) is 0. The van der Waals surface area contributed by atoms with Gasteiger partial charge in [-0.15, -0.1) is 34.4 Å². The lowest BCUT2D eigenvalue weighted by atomic mass is 9.87. The molecule has 2 heterocycles. The molecule has 0 aromatic carbocycles. The van der Waals surface area contributed by atoms with Crippen LogP contribution in [0.5, 0.6) is 0 Å². The molecule has 1 aliphatic rings. The second-order valence-corrected chi connectivity index (χ2v) is 9.31. The number of thiophene rings is 2. The number of nitrogens with one attached hydrogen (secondary N) is 2. The van der Waals surface area contributed by atoms with Gasteiger partial charge < -0.3 is 0 Å². The van der Waals surface area contributed by atoms with Crippen LogP contribution in [-0.4, -0.2) is 17.6 Å². The molecular formula is C18H22N2O2S3. The number of fused-ring (bicyclic) bond motifs is 1. The lowest BCUT2D eigenvalue weighted by Crippen LogP contribution is -2.42. The normalized spacial score (nSPS) is 16.3. The summed E-state index contributed by atoms with van der Waals surface area (Å²) in [6.45, 7) is 2.22. The minimum absolute atomic E-state index is 0.178. The zero-order valence-electron chi connectivity index (χ0n) is 14.2. The third kappa shape index (κ3) is 5.09. The third-order valence-electron chi connectivity index (χ3n) is 4.36. The number of rotatable bonds is 6. The second kappa shape index (κ2) is 8.87. The predicted octanol–water partition coefficient (Wildman–Crippen LogP) is 4.02. The molecule has 3 rings (SSSR count). The van der Waals surface area contributed by atoms with E-state index >= 15 is 0 Å². The Kier molecular flexibility index (Phi) is 6.56. The minimum Gasteiger partial charge on any atom is -0.272 e. The Labute approximate surface area is 160 Å². The quantitative estimate of drug-likeness (QED) is 0.728. The summed E-state index contributed by atoms with van der Waals surface area (Å²) < 4.78 is 0. The van der Waals surface area contributed by atoms with Crippen LogP contribution in [0.2, 0.25) is 0 Å². The summed E-state index contributed by atoms with van der Waals surface area (Å²) in [5.41, 5.74) is 6.36. The van der Waals surface area contributed by atoms with Gasteiger partial charge in [0.25, 0.3) is 5.91 Å². The van der Waals surface area contributed by atoms with Crippen molar-refractivity contribution in [2.24, 2.45) is 5.92 Å². The van der Waals surface area contributed by atoms with Crippen LogP contribution >= 0.6 is 34.4 Å². The van der Waals surface area contributed by atoms with Crippen molar-refractivity contribution in [3.63, 3.8) is 0 Å². The van der Waals surface area contributed by atoms with Gasteiger partial charge in [-0.05, 0) is 48.3 Å². The first kappa shape index (κ1) is 18.5. The Hall–Kier alpha value is -1.31. The van der Waals surface area contributed by atoms with Gasteiger partial charge in [-0.2, -0.15) is 0 Å². The number of aryl methyl sites for hydroxylation is 1. The fourth-order valence-electron chi connectivity index (χ4n) is 2.92. The maximum Gasteiger partial charge on any atom is 0.279 e. The van der Waals surface area contributed by atoms with E-state index in [9.17, 15) is 9.59 Å². The van der Waals surface area contributed by atoms with E-state index in [0.717, 1.165) is 24.5 Å². The molecule has 2 aromatic heterocycles. The molecule has 0 unspecified atom stereocenters. The van der Waals surface area contributed by atoms with Crippen molar-refractivity contribution in [3.05, 3.63) is 43.8 Å². The average molecular weight is 395 g/mol. The molecule has 2 N–H and O–H groups in total. The van der Waals surface area contributed by atoms with Crippen LogP contribution in [-0.2, 0) is 23.4 Å². The molecule has 0 spiro atoms. The molecule has 4 nitrogen and oxygen atoms in total. The van der Waals surface area contributed by atoms with Crippen molar-refractivity contribution in [2.45, 2.75) is 38.4 Å². The van der Waals surface area contributed by atoms with Crippen LogP contribution < -0.4 is 10.9 Å².